The van der Waals surface area contributed by atoms with E-state index < -0.39 is 30.1 Å². The molecule has 9 heteroatoms. The Kier molecular flexibility index (Phi) is 7.50. The number of likely N-dealkylation sites (tertiary alicyclic amines) is 1. The van der Waals surface area contributed by atoms with Gasteiger partial charge in [-0.3, -0.25) is 15.4 Å². The lowest BCUT2D eigenvalue weighted by atomic mass is 10.0. The second kappa shape index (κ2) is 9.63. The quantitative estimate of drug-likeness (QED) is 0.213. The van der Waals surface area contributed by atoms with Gasteiger partial charge >= 0.3 is 0 Å². The first kappa shape index (κ1) is 21.8. The van der Waals surface area contributed by atoms with Crippen molar-refractivity contribution in [2.75, 3.05) is 12.0 Å². The summed E-state index contributed by atoms with van der Waals surface area (Å²) in [5.41, 5.74) is 4.39. The van der Waals surface area contributed by atoms with Crippen molar-refractivity contribution in [2.24, 2.45) is 5.84 Å². The zero-order valence-electron chi connectivity index (χ0n) is 16.2. The first-order chi connectivity index (χ1) is 13.3. The highest BCUT2D eigenvalue weighted by Crippen LogP contribution is 2.21. The molecule has 7 N–H and O–H groups in total. The maximum Gasteiger partial charge on any atom is 0.255 e. The second-order valence-electron chi connectivity index (χ2n) is 6.95. The molecule has 0 radical (unpaired) electrons. The van der Waals surface area contributed by atoms with Crippen molar-refractivity contribution in [3.8, 4) is 0 Å². The number of amides is 2. The van der Waals surface area contributed by atoms with Crippen LogP contribution in [0.25, 0.3) is 0 Å². The second-order valence-corrected chi connectivity index (χ2v) is 6.95. The van der Waals surface area contributed by atoms with E-state index in [4.69, 9.17) is 11.3 Å². The summed E-state index contributed by atoms with van der Waals surface area (Å²) in [5, 5.41) is 31.0. The van der Waals surface area contributed by atoms with E-state index in [1.165, 1.54) is 4.90 Å². The van der Waals surface area contributed by atoms with Crippen LogP contribution in [0.4, 0.5) is 5.69 Å². The van der Waals surface area contributed by atoms with Gasteiger partial charge in [-0.15, -0.1) is 0 Å². The number of aliphatic hydroxyl groups excluding tert-OH is 2. The number of carbonyl (C=O) groups is 2. The number of benzene rings is 1. The summed E-state index contributed by atoms with van der Waals surface area (Å²) in [6.45, 7) is 3.96. The van der Waals surface area contributed by atoms with Gasteiger partial charge in [0.2, 0.25) is 0 Å². The number of nitrogens with zero attached hydrogens (tertiary/aromatic N) is 1. The van der Waals surface area contributed by atoms with E-state index in [1.54, 1.807) is 31.2 Å². The van der Waals surface area contributed by atoms with Gasteiger partial charge in [0.05, 0.1) is 12.1 Å². The van der Waals surface area contributed by atoms with Gasteiger partial charge < -0.3 is 31.3 Å². The highest BCUT2D eigenvalue weighted by atomic mass is 16.3. The molecule has 0 saturated carbocycles. The third-order valence-corrected chi connectivity index (χ3v) is 5.08. The molecule has 0 spiro atoms. The van der Waals surface area contributed by atoms with Crippen LogP contribution in [0.15, 0.2) is 24.3 Å². The lowest BCUT2D eigenvalue weighted by Crippen LogP contribution is -2.53. The monoisotopic (exact) mass is 391 g/mol. The molecule has 9 nitrogen and oxygen atoms in total. The molecule has 0 bridgehead atoms. The minimum Gasteiger partial charge on any atom is -0.380 e. The fourth-order valence-corrected chi connectivity index (χ4v) is 3.33. The molecule has 2 rings (SSSR count). The molecule has 1 saturated heterocycles. The van der Waals surface area contributed by atoms with E-state index in [-0.39, 0.29) is 6.04 Å². The summed E-state index contributed by atoms with van der Waals surface area (Å²) in [4.78, 5) is 26.3. The van der Waals surface area contributed by atoms with Crippen molar-refractivity contribution in [3.63, 3.8) is 0 Å². The lowest BCUT2D eigenvalue weighted by molar-refractivity contribution is -0.153. The zero-order chi connectivity index (χ0) is 20.8. The molecule has 0 aromatic heterocycles. The van der Waals surface area contributed by atoms with Gasteiger partial charge in [0.15, 0.2) is 12.2 Å². The summed E-state index contributed by atoms with van der Waals surface area (Å²) < 4.78 is 0. The van der Waals surface area contributed by atoms with E-state index in [0.717, 1.165) is 12.0 Å². The number of nitrogens with two attached hydrogens (primary N) is 1. The largest absolute Gasteiger partial charge is 0.380 e. The van der Waals surface area contributed by atoms with Crippen LogP contribution < -0.4 is 16.6 Å². The number of nitrogens with one attached hydrogen (secondary N) is 3. The van der Waals surface area contributed by atoms with Crippen molar-refractivity contribution in [1.82, 2.24) is 10.2 Å². The highest BCUT2D eigenvalue weighted by Gasteiger charge is 2.39. The molecule has 1 aliphatic heterocycles. The van der Waals surface area contributed by atoms with Crippen LogP contribution in [-0.4, -0.2) is 57.4 Å². The predicted octanol–water partition coefficient (Wildman–Crippen LogP) is 0.292. The third-order valence-electron chi connectivity index (χ3n) is 5.08. The fraction of sp³-hybridized carbons (Fsp3) is 0.526. The summed E-state index contributed by atoms with van der Waals surface area (Å²) in [5.74, 6) is 3.75. The van der Waals surface area contributed by atoms with Crippen LogP contribution in [0.2, 0.25) is 0 Å². The van der Waals surface area contributed by atoms with Crippen LogP contribution in [0.5, 0.6) is 0 Å². The normalized spacial score (nSPS) is 19.6. The first-order valence-electron chi connectivity index (χ1n) is 9.41. The molecular formula is C19H29N5O4. The number of hydrogen-bond acceptors (Lipinski definition) is 7. The summed E-state index contributed by atoms with van der Waals surface area (Å²) in [7, 11) is 0. The lowest BCUT2D eigenvalue weighted by Gasteiger charge is -2.29. The van der Waals surface area contributed by atoms with Crippen LogP contribution in [0, 0.1) is 5.41 Å². The van der Waals surface area contributed by atoms with Crippen LogP contribution in [0.3, 0.4) is 0 Å². The van der Waals surface area contributed by atoms with Crippen LogP contribution in [-0.2, 0) is 9.59 Å². The van der Waals surface area contributed by atoms with Crippen molar-refractivity contribution < 1.29 is 19.8 Å². The smallest absolute Gasteiger partial charge is 0.255 e. The average molecular weight is 391 g/mol. The maximum absolute atomic E-state index is 12.6. The fourth-order valence-electron chi connectivity index (χ4n) is 3.33. The van der Waals surface area contributed by atoms with Crippen molar-refractivity contribution in [3.05, 3.63) is 29.8 Å². The van der Waals surface area contributed by atoms with E-state index in [2.05, 4.69) is 10.7 Å². The number of carbonyl (C=O) groups excluding carboxylic acids is 2. The number of aliphatic hydroxyl groups is 2. The van der Waals surface area contributed by atoms with Gasteiger partial charge in [0.25, 0.3) is 11.8 Å². The van der Waals surface area contributed by atoms with E-state index >= 15 is 0 Å². The Hall–Kier alpha value is -2.49. The molecule has 1 heterocycles. The maximum atomic E-state index is 12.6. The Balaban J connectivity index is 1.98. The van der Waals surface area contributed by atoms with Gasteiger partial charge in [-0.1, -0.05) is 19.1 Å². The van der Waals surface area contributed by atoms with Crippen LogP contribution in [0.1, 0.15) is 44.7 Å². The molecule has 4 unspecified atom stereocenters. The molecule has 1 fully saturated rings. The van der Waals surface area contributed by atoms with Gasteiger partial charge in [-0.25, -0.2) is 0 Å². The Morgan fingerprint density at radius 3 is 2.50 bits per heavy atom. The Morgan fingerprint density at radius 2 is 1.93 bits per heavy atom. The minimum absolute atomic E-state index is 0.379. The van der Waals surface area contributed by atoms with Crippen LogP contribution >= 0.6 is 0 Å². The molecule has 1 aromatic rings. The van der Waals surface area contributed by atoms with E-state index in [1.807, 2.05) is 6.92 Å². The number of hydrogen-bond donors (Lipinski definition) is 6. The summed E-state index contributed by atoms with van der Waals surface area (Å²) in [6, 6.07) is 6.19. The van der Waals surface area contributed by atoms with E-state index in [0.29, 0.717) is 30.8 Å². The SMILES string of the molecule is CCC(=N)C1CCCN1C(=O)C(O)C(O)C(=O)NC(C)c1ccc(NN)cc1. The average Bonchev–Trinajstić information content (AvgIpc) is 3.21. The predicted molar refractivity (Wildman–Crippen MR) is 106 cm³/mol. The molecule has 28 heavy (non-hydrogen) atoms. The number of rotatable bonds is 8. The summed E-state index contributed by atoms with van der Waals surface area (Å²) in [6.07, 6.45) is -1.89. The topological polar surface area (TPSA) is 152 Å². The molecule has 4 atom stereocenters. The minimum atomic E-state index is -1.89. The molecule has 2 amide bonds. The van der Waals surface area contributed by atoms with Crippen molar-refractivity contribution >= 4 is 23.2 Å². The Morgan fingerprint density at radius 1 is 1.29 bits per heavy atom. The van der Waals surface area contributed by atoms with Gasteiger partial charge in [-0.05, 0) is 43.9 Å². The summed E-state index contributed by atoms with van der Waals surface area (Å²) >= 11 is 0. The molecular weight excluding hydrogens is 362 g/mol. The zero-order valence-corrected chi connectivity index (χ0v) is 16.2. The van der Waals surface area contributed by atoms with Gasteiger partial charge in [-0.2, -0.15) is 0 Å². The van der Waals surface area contributed by atoms with E-state index in [9.17, 15) is 19.8 Å². The number of hydrazine groups is 1. The standard InChI is InChI=1S/C19H29N5O4/c1-3-14(20)15-5-4-10-24(15)19(28)17(26)16(25)18(27)22-11(2)12-6-8-13(23-21)9-7-12/h6-9,11,15-17,20,23,25-26H,3-5,10,21H2,1-2H3,(H,22,27). The molecule has 154 valence electrons. The van der Waals surface area contributed by atoms with Gasteiger partial charge in [0.1, 0.15) is 0 Å². The molecule has 1 aliphatic rings. The first-order valence-corrected chi connectivity index (χ1v) is 9.41. The Bertz CT molecular complexity index is 709. The molecule has 0 aliphatic carbocycles. The highest BCUT2D eigenvalue weighted by molar-refractivity contribution is 5.95. The van der Waals surface area contributed by atoms with Crippen molar-refractivity contribution in [1.29, 1.82) is 5.41 Å². The molecule has 1 aromatic carbocycles. The Labute approximate surface area is 164 Å². The van der Waals surface area contributed by atoms with Gasteiger partial charge in [0, 0.05) is 17.9 Å². The third kappa shape index (κ3) is 4.86. The van der Waals surface area contributed by atoms with Crippen molar-refractivity contribution in [2.45, 2.75) is 57.4 Å². The number of nitrogen functional groups attached to an aromatic ring is 1. The number of anilines is 1.